The van der Waals surface area contributed by atoms with Gasteiger partial charge in [-0.15, -0.1) is 0 Å². The lowest BCUT2D eigenvalue weighted by atomic mass is 10.0. The van der Waals surface area contributed by atoms with E-state index in [0.717, 1.165) is 51.4 Å². The second-order valence-corrected chi connectivity index (χ2v) is 24.9. The normalized spacial score (nSPS) is 12.7. The minimum atomic E-state index is -0.670. The molecule has 0 aliphatic carbocycles. The first-order chi connectivity index (χ1) is 39.5. The molecular weight excluding hydrogens is 983 g/mol. The number of hydrogen-bond acceptors (Lipinski definition) is 5. The molecule has 2 atom stereocenters. The van der Waals surface area contributed by atoms with Gasteiger partial charge in [-0.3, -0.25) is 9.59 Å². The topological polar surface area (TPSA) is 95.9 Å². The molecule has 0 fully saturated rings. The van der Waals surface area contributed by atoms with Gasteiger partial charge in [0.2, 0.25) is 5.91 Å². The molecule has 0 aromatic carbocycles. The number of aliphatic hydroxyl groups excluding tert-OH is 2. The second kappa shape index (κ2) is 69.6. The number of hydrogen-bond donors (Lipinski definition) is 3. The van der Waals surface area contributed by atoms with Gasteiger partial charge in [-0.05, 0) is 83.5 Å². The molecule has 3 N–H and O–H groups in total. The Balaban J connectivity index is 3.40. The van der Waals surface area contributed by atoms with Gasteiger partial charge in [0.05, 0.1) is 25.4 Å². The van der Waals surface area contributed by atoms with E-state index in [1.807, 2.05) is 0 Å². The van der Waals surface area contributed by atoms with Crippen LogP contribution in [0, 0.1) is 0 Å². The molecule has 0 aliphatic rings. The number of amides is 1. The third kappa shape index (κ3) is 65.2. The summed E-state index contributed by atoms with van der Waals surface area (Å²) in [6.45, 7) is 4.96. The SMILES string of the molecule is CCCCC/C=C\C/C=C\CCCCCCCCCCCC(=O)OCCCCCCCCCCCCCC/C=C\CCCCCCCCCC(=O)NC(CO)C(O)CCCCCCCCCCCCCCCCCCCCCCC. The molecule has 0 bridgehead atoms. The van der Waals surface area contributed by atoms with Crippen molar-refractivity contribution in [3.63, 3.8) is 0 Å². The Kier molecular flexibility index (Phi) is 67.9. The van der Waals surface area contributed by atoms with Crippen molar-refractivity contribution < 1.29 is 24.5 Å². The molecule has 1 amide bonds. The molecule has 2 unspecified atom stereocenters. The first-order valence-corrected chi connectivity index (χ1v) is 36.2. The molecule has 80 heavy (non-hydrogen) atoms. The van der Waals surface area contributed by atoms with E-state index in [1.54, 1.807) is 0 Å². The van der Waals surface area contributed by atoms with E-state index in [-0.39, 0.29) is 18.5 Å². The van der Waals surface area contributed by atoms with Gasteiger partial charge in [0, 0.05) is 12.8 Å². The number of unbranched alkanes of at least 4 members (excludes halogenated alkanes) is 51. The molecule has 0 spiro atoms. The number of carbonyl (C=O) groups is 2. The summed E-state index contributed by atoms with van der Waals surface area (Å²) in [5.41, 5.74) is 0. The van der Waals surface area contributed by atoms with Gasteiger partial charge in [-0.1, -0.05) is 339 Å². The lowest BCUT2D eigenvalue weighted by molar-refractivity contribution is -0.143. The van der Waals surface area contributed by atoms with Gasteiger partial charge in [0.15, 0.2) is 0 Å². The largest absolute Gasteiger partial charge is 0.466 e. The Hall–Kier alpha value is -1.92. The summed E-state index contributed by atoms with van der Waals surface area (Å²) < 4.78 is 5.51. The summed E-state index contributed by atoms with van der Waals surface area (Å²) >= 11 is 0. The predicted molar refractivity (Wildman–Crippen MR) is 352 cm³/mol. The molecular formula is C74H141NO5. The van der Waals surface area contributed by atoms with E-state index in [1.165, 1.54) is 315 Å². The zero-order valence-electron chi connectivity index (χ0n) is 54.1. The standard InChI is InChI=1S/C74H141NO5/c1-3-5-7-9-11-13-15-17-19-21-23-27-31-34-38-42-46-50-54-58-62-66-72(77)71(70-76)75-73(78)67-63-59-55-51-47-43-39-35-32-28-25-24-26-29-33-37-41-45-49-53-57-61-65-69-80-74(79)68-64-60-56-52-48-44-40-36-30-22-20-18-16-14-12-10-8-6-4-2/h12,14,18,20,28,32,71-72,76-77H,3-11,13,15-17,19,21-27,29-31,33-70H2,1-2H3,(H,75,78)/b14-12-,20-18-,32-28-. The van der Waals surface area contributed by atoms with Crippen LogP contribution in [-0.4, -0.2) is 47.4 Å². The number of esters is 1. The van der Waals surface area contributed by atoms with Crippen molar-refractivity contribution in [3.05, 3.63) is 36.5 Å². The van der Waals surface area contributed by atoms with Crippen molar-refractivity contribution in [1.82, 2.24) is 5.32 Å². The molecule has 0 aromatic heterocycles. The van der Waals surface area contributed by atoms with Gasteiger partial charge in [-0.25, -0.2) is 0 Å². The van der Waals surface area contributed by atoms with E-state index >= 15 is 0 Å². The Morgan fingerprint density at radius 3 is 0.988 bits per heavy atom. The van der Waals surface area contributed by atoms with Crippen LogP contribution in [0.2, 0.25) is 0 Å². The van der Waals surface area contributed by atoms with Crippen molar-refractivity contribution in [2.45, 2.75) is 411 Å². The zero-order chi connectivity index (χ0) is 57.8. The van der Waals surface area contributed by atoms with Crippen molar-refractivity contribution in [2.24, 2.45) is 0 Å². The van der Waals surface area contributed by atoms with Crippen LogP contribution in [0.3, 0.4) is 0 Å². The molecule has 0 heterocycles. The van der Waals surface area contributed by atoms with Gasteiger partial charge in [0.1, 0.15) is 0 Å². The maximum atomic E-state index is 12.5. The van der Waals surface area contributed by atoms with E-state index < -0.39 is 12.1 Å². The van der Waals surface area contributed by atoms with Crippen LogP contribution in [0.4, 0.5) is 0 Å². The Morgan fingerprint density at radius 2 is 0.625 bits per heavy atom. The Morgan fingerprint density at radius 1 is 0.350 bits per heavy atom. The number of nitrogens with one attached hydrogen (secondary N) is 1. The minimum absolute atomic E-state index is 0.00850. The summed E-state index contributed by atoms with van der Waals surface area (Å²) in [4.78, 5) is 24.7. The maximum Gasteiger partial charge on any atom is 0.305 e. The monoisotopic (exact) mass is 1120 g/mol. The van der Waals surface area contributed by atoms with Gasteiger partial charge in [-0.2, -0.15) is 0 Å². The lowest BCUT2D eigenvalue weighted by Crippen LogP contribution is -2.45. The first kappa shape index (κ1) is 78.1. The summed E-state index contributed by atoms with van der Waals surface area (Å²) in [5, 5.41) is 23.4. The van der Waals surface area contributed by atoms with Crippen LogP contribution in [0.15, 0.2) is 36.5 Å². The summed E-state index contributed by atoms with van der Waals surface area (Å²) in [6.07, 6.45) is 89.0. The number of allylic oxidation sites excluding steroid dienone is 6. The van der Waals surface area contributed by atoms with Crippen molar-refractivity contribution in [3.8, 4) is 0 Å². The van der Waals surface area contributed by atoms with Crippen LogP contribution in [-0.2, 0) is 14.3 Å². The fourth-order valence-corrected chi connectivity index (χ4v) is 11.4. The second-order valence-electron chi connectivity index (χ2n) is 24.9. The van der Waals surface area contributed by atoms with Crippen LogP contribution < -0.4 is 5.32 Å². The molecule has 6 nitrogen and oxygen atoms in total. The highest BCUT2D eigenvalue weighted by Gasteiger charge is 2.20. The molecule has 6 heteroatoms. The van der Waals surface area contributed by atoms with Gasteiger partial charge in [0.25, 0.3) is 0 Å². The smallest absolute Gasteiger partial charge is 0.305 e. The highest BCUT2D eigenvalue weighted by atomic mass is 16.5. The maximum absolute atomic E-state index is 12.5. The van der Waals surface area contributed by atoms with E-state index in [9.17, 15) is 19.8 Å². The predicted octanol–water partition coefficient (Wildman–Crippen LogP) is 23.5. The molecule has 0 rings (SSSR count). The van der Waals surface area contributed by atoms with E-state index in [4.69, 9.17) is 4.74 Å². The average Bonchev–Trinajstić information content (AvgIpc) is 3.46. The molecule has 0 radical (unpaired) electrons. The third-order valence-electron chi connectivity index (χ3n) is 16.9. The number of rotatable bonds is 68. The van der Waals surface area contributed by atoms with Crippen molar-refractivity contribution in [1.29, 1.82) is 0 Å². The zero-order valence-corrected chi connectivity index (χ0v) is 54.1. The summed E-state index contributed by atoms with van der Waals surface area (Å²) in [7, 11) is 0. The quantitative estimate of drug-likeness (QED) is 0.0320. The molecule has 0 saturated heterocycles. The minimum Gasteiger partial charge on any atom is -0.466 e. The lowest BCUT2D eigenvalue weighted by Gasteiger charge is -2.22. The van der Waals surface area contributed by atoms with Crippen LogP contribution in [0.25, 0.3) is 0 Å². The fourth-order valence-electron chi connectivity index (χ4n) is 11.4. The van der Waals surface area contributed by atoms with Crippen LogP contribution >= 0.6 is 0 Å². The number of ether oxygens (including phenoxy) is 1. The van der Waals surface area contributed by atoms with E-state index in [0.29, 0.717) is 25.9 Å². The first-order valence-electron chi connectivity index (χ1n) is 36.2. The number of aliphatic hydroxyl groups is 2. The fraction of sp³-hybridized carbons (Fsp3) is 0.892. The van der Waals surface area contributed by atoms with E-state index in [2.05, 4.69) is 55.6 Å². The van der Waals surface area contributed by atoms with Crippen molar-refractivity contribution in [2.75, 3.05) is 13.2 Å². The van der Waals surface area contributed by atoms with Crippen LogP contribution in [0.1, 0.15) is 399 Å². The van der Waals surface area contributed by atoms with Gasteiger partial charge < -0.3 is 20.3 Å². The molecule has 472 valence electrons. The highest BCUT2D eigenvalue weighted by molar-refractivity contribution is 5.76. The number of carbonyl (C=O) groups excluding carboxylic acids is 2. The Labute approximate surface area is 500 Å². The molecule has 0 aliphatic heterocycles. The molecule has 0 saturated carbocycles. The third-order valence-corrected chi connectivity index (χ3v) is 16.9. The average molecular weight is 1120 g/mol. The summed E-state index contributed by atoms with van der Waals surface area (Å²) in [5.74, 6) is -0.0289. The van der Waals surface area contributed by atoms with Crippen molar-refractivity contribution >= 4 is 11.9 Å². The summed E-state index contributed by atoms with van der Waals surface area (Å²) in [6, 6.07) is -0.548. The highest BCUT2D eigenvalue weighted by Crippen LogP contribution is 2.19. The Bertz CT molecular complexity index is 1300. The van der Waals surface area contributed by atoms with Crippen LogP contribution in [0.5, 0.6) is 0 Å². The molecule has 0 aromatic rings. The van der Waals surface area contributed by atoms with Gasteiger partial charge >= 0.3 is 5.97 Å².